The van der Waals surface area contributed by atoms with Gasteiger partial charge in [0.2, 0.25) is 0 Å². The topological polar surface area (TPSA) is 73.5 Å². The molecule has 0 heterocycles. The number of hydrogen-bond donors (Lipinski definition) is 2. The Balaban J connectivity index is 0. The van der Waals surface area contributed by atoms with Gasteiger partial charge >= 0.3 is 19.5 Å². The van der Waals surface area contributed by atoms with Crippen LogP contribution in [0.5, 0.6) is 0 Å². The van der Waals surface area contributed by atoms with E-state index in [0.717, 1.165) is 0 Å². The van der Waals surface area contributed by atoms with Crippen LogP contribution in [-0.4, -0.2) is 35.4 Å². The first-order chi connectivity index (χ1) is 8.01. The van der Waals surface area contributed by atoms with E-state index in [1.807, 2.05) is 6.92 Å². The quantitative estimate of drug-likeness (QED) is 0.256. The van der Waals surface area contributed by atoms with Crippen LogP contribution in [0.25, 0.3) is 0 Å². The molecule has 0 aromatic carbocycles. The summed E-state index contributed by atoms with van der Waals surface area (Å²) in [5.74, 6) is 0. The van der Waals surface area contributed by atoms with E-state index in [2.05, 4.69) is 31.0 Å². The van der Waals surface area contributed by atoms with Crippen molar-refractivity contribution in [3.63, 3.8) is 0 Å². The molecular formula is C9H16N6S2Zn. The maximum atomic E-state index is 4.91. The molecule has 0 bridgehead atoms. The van der Waals surface area contributed by atoms with Gasteiger partial charge in [0.1, 0.15) is 0 Å². The molecule has 96 valence electrons. The van der Waals surface area contributed by atoms with Crippen molar-refractivity contribution in [2.75, 3.05) is 13.6 Å². The Morgan fingerprint density at radius 1 is 1.00 bits per heavy atom. The van der Waals surface area contributed by atoms with Crippen LogP contribution in [0.15, 0.2) is 20.2 Å². The molecule has 0 rings (SSSR count). The number of hydrazone groups is 2. The molecule has 0 unspecified atom stereocenters. The maximum absolute atomic E-state index is 4.91. The summed E-state index contributed by atoms with van der Waals surface area (Å²) in [6.07, 6.45) is 0. The van der Waals surface area contributed by atoms with E-state index in [-0.39, 0.29) is 19.5 Å². The Hall–Kier alpha value is -0.657. The second kappa shape index (κ2) is 11.4. The third kappa shape index (κ3) is 9.38. The second-order valence-corrected chi connectivity index (χ2v) is 3.70. The molecule has 0 aromatic rings. The van der Waals surface area contributed by atoms with Crippen LogP contribution in [0.2, 0.25) is 0 Å². The predicted molar refractivity (Wildman–Crippen MR) is 78.6 cm³/mol. The van der Waals surface area contributed by atoms with E-state index < -0.39 is 0 Å². The van der Waals surface area contributed by atoms with Crippen LogP contribution in [0.4, 0.5) is 0 Å². The number of nitrogens with one attached hydrogen (secondary N) is 2. The van der Waals surface area contributed by atoms with E-state index in [1.165, 1.54) is 0 Å². The van der Waals surface area contributed by atoms with Gasteiger partial charge in [-0.3, -0.25) is 20.8 Å². The van der Waals surface area contributed by atoms with Gasteiger partial charge < -0.3 is 25.3 Å². The molecule has 0 saturated heterocycles. The zero-order valence-corrected chi connectivity index (χ0v) is 15.6. The van der Waals surface area contributed by atoms with Crippen molar-refractivity contribution < 1.29 is 19.5 Å². The summed E-state index contributed by atoms with van der Waals surface area (Å²) in [6, 6.07) is 0. The summed E-state index contributed by atoms with van der Waals surface area (Å²) in [7, 11) is 1.59. The zero-order valence-electron chi connectivity index (χ0n) is 11.0. The van der Waals surface area contributed by atoms with E-state index >= 15 is 0 Å². The Kier molecular flexibility index (Phi) is 12.5. The molecule has 0 aliphatic carbocycles. The molecule has 0 radical (unpaired) electrons. The summed E-state index contributed by atoms with van der Waals surface area (Å²) in [5, 5.41) is 8.71. The molecule has 6 nitrogen and oxygen atoms in total. The standard InChI is InChI=1S/C9H18N6S2.Zn/c1-5-11-9(17)15-13-7(3)6(2)12-14-8(16)10-4;/h5H2,1-4H3,(H2,10,14,16)(H2,11,15,17);/q;+2/p-2/b12-6+,13-7+;. The summed E-state index contributed by atoms with van der Waals surface area (Å²) in [6.45, 7) is 6.12. The Morgan fingerprint density at radius 2 is 1.44 bits per heavy atom. The van der Waals surface area contributed by atoms with Crippen molar-refractivity contribution in [3.05, 3.63) is 0 Å². The molecule has 0 aliphatic rings. The van der Waals surface area contributed by atoms with Gasteiger partial charge in [-0.2, -0.15) is 10.2 Å². The summed E-state index contributed by atoms with van der Waals surface area (Å²) in [5.41, 5.74) is 6.64. The molecule has 0 aromatic heterocycles. The Morgan fingerprint density at radius 3 is 1.83 bits per heavy atom. The van der Waals surface area contributed by atoms with Crippen molar-refractivity contribution in [2.24, 2.45) is 20.2 Å². The number of nitrogens with zero attached hydrogens (tertiary/aromatic N) is 4. The third-order valence-electron chi connectivity index (χ3n) is 1.67. The minimum absolute atomic E-state index is 0. The van der Waals surface area contributed by atoms with E-state index in [9.17, 15) is 0 Å². The molecule has 0 amide bonds. The normalized spacial score (nSPS) is 14.0. The fourth-order valence-corrected chi connectivity index (χ4v) is 0.875. The number of aliphatic imine (C=N–C) groups is 2. The van der Waals surface area contributed by atoms with Crippen molar-refractivity contribution in [1.82, 2.24) is 10.9 Å². The van der Waals surface area contributed by atoms with Crippen molar-refractivity contribution in [3.8, 4) is 0 Å². The first-order valence-corrected chi connectivity index (χ1v) is 5.79. The van der Waals surface area contributed by atoms with Gasteiger partial charge in [-0.25, -0.2) is 0 Å². The molecule has 2 N–H and O–H groups in total. The van der Waals surface area contributed by atoms with E-state index in [0.29, 0.717) is 28.3 Å². The first kappa shape index (κ1) is 19.7. The number of hydrogen-bond acceptors (Lipinski definition) is 6. The van der Waals surface area contributed by atoms with Gasteiger partial charge in [0, 0.05) is 13.6 Å². The zero-order chi connectivity index (χ0) is 13.3. The van der Waals surface area contributed by atoms with Gasteiger partial charge in [0.25, 0.3) is 0 Å². The van der Waals surface area contributed by atoms with Gasteiger partial charge in [0.05, 0.1) is 11.4 Å². The van der Waals surface area contributed by atoms with Crippen LogP contribution < -0.4 is 10.9 Å². The molecule has 0 saturated carbocycles. The third-order valence-corrected chi connectivity index (χ3v) is 2.16. The van der Waals surface area contributed by atoms with Crippen molar-refractivity contribution >= 4 is 47.0 Å². The van der Waals surface area contributed by atoms with E-state index in [4.69, 9.17) is 25.3 Å². The smallest absolute Gasteiger partial charge is 0.741 e. The monoisotopic (exact) mass is 336 g/mol. The van der Waals surface area contributed by atoms with Crippen LogP contribution in [0, 0.1) is 0 Å². The summed E-state index contributed by atoms with van der Waals surface area (Å²) < 4.78 is 0. The van der Waals surface area contributed by atoms with Gasteiger partial charge in [-0.1, -0.05) is 0 Å². The SMILES string of the molecule is CCN=C([S-])N/N=C(C)/C(C)=N/NC([S-])=NC.[Zn+2]. The second-order valence-electron chi connectivity index (χ2n) is 2.93. The van der Waals surface area contributed by atoms with Crippen LogP contribution in [-0.2, 0) is 44.7 Å². The average molecular weight is 338 g/mol. The Bertz CT molecular complexity index is 364. The van der Waals surface area contributed by atoms with Gasteiger partial charge in [-0.05, 0) is 31.1 Å². The van der Waals surface area contributed by atoms with Crippen LogP contribution >= 0.6 is 0 Å². The Labute approximate surface area is 131 Å². The largest absolute Gasteiger partial charge is 2.00 e. The average Bonchev–Trinajstić information content (AvgIpc) is 2.32. The summed E-state index contributed by atoms with van der Waals surface area (Å²) >= 11 is 9.73. The molecule has 0 fully saturated rings. The molecular weight excluding hydrogens is 322 g/mol. The molecule has 0 atom stereocenters. The van der Waals surface area contributed by atoms with E-state index in [1.54, 1.807) is 20.9 Å². The van der Waals surface area contributed by atoms with Crippen LogP contribution in [0.1, 0.15) is 20.8 Å². The van der Waals surface area contributed by atoms with Crippen molar-refractivity contribution in [2.45, 2.75) is 20.8 Å². The van der Waals surface area contributed by atoms with Gasteiger partial charge in [0.15, 0.2) is 0 Å². The summed E-state index contributed by atoms with van der Waals surface area (Å²) in [4.78, 5) is 7.71. The van der Waals surface area contributed by atoms with Crippen LogP contribution in [0.3, 0.4) is 0 Å². The van der Waals surface area contributed by atoms with Gasteiger partial charge in [-0.15, -0.1) is 0 Å². The molecule has 0 aliphatic heterocycles. The fourth-order valence-electron chi connectivity index (χ4n) is 0.654. The fraction of sp³-hybridized carbons (Fsp3) is 0.556. The minimum atomic E-state index is 0. The predicted octanol–water partition coefficient (Wildman–Crippen LogP) is 0.370. The first-order valence-electron chi connectivity index (χ1n) is 4.97. The molecule has 18 heavy (non-hydrogen) atoms. The number of rotatable bonds is 4. The molecule has 9 heteroatoms. The number of amidine groups is 2. The van der Waals surface area contributed by atoms with Crippen molar-refractivity contribution in [1.29, 1.82) is 0 Å². The molecule has 0 spiro atoms. The maximum Gasteiger partial charge on any atom is 2.00 e. The minimum Gasteiger partial charge on any atom is -0.741 e.